The second-order valence-corrected chi connectivity index (χ2v) is 10.8. The first-order chi connectivity index (χ1) is 17.3. The number of hydrogen-bond donors (Lipinski definition) is 2. The summed E-state index contributed by atoms with van der Waals surface area (Å²) in [6.07, 6.45) is 0.940. The van der Waals surface area contributed by atoms with E-state index < -0.39 is 32.2 Å². The van der Waals surface area contributed by atoms with Crippen LogP contribution in [-0.4, -0.2) is 76.8 Å². The number of rotatable bonds is 10. The van der Waals surface area contributed by atoms with Gasteiger partial charge in [0.25, 0.3) is 0 Å². The first-order valence-electron chi connectivity index (χ1n) is 11.1. The number of amides is 1. The molecule has 15 heteroatoms. The monoisotopic (exact) mass is 519 g/mol. The average molecular weight is 519 g/mol. The number of nitrogens with zero attached hydrogens (tertiary/aromatic N) is 4. The molecule has 2 aromatic heterocycles. The molecule has 2 N–H and O–H groups in total. The molecule has 1 amide bonds. The summed E-state index contributed by atoms with van der Waals surface area (Å²) in [7, 11) is 0.0190. The number of fused-ring (bicyclic) bond motifs is 1. The first-order valence-corrected chi connectivity index (χ1v) is 13.4. The van der Waals surface area contributed by atoms with Crippen LogP contribution in [0.4, 0.5) is 5.82 Å². The molecule has 1 aliphatic rings. The van der Waals surface area contributed by atoms with Gasteiger partial charge in [-0.05, 0) is 12.1 Å². The maximum atomic E-state index is 12.6. The van der Waals surface area contributed by atoms with Gasteiger partial charge in [0.1, 0.15) is 0 Å². The van der Waals surface area contributed by atoms with E-state index in [4.69, 9.17) is 23.0 Å². The molecule has 3 heterocycles. The zero-order valence-electron chi connectivity index (χ0n) is 20.0. The Labute approximate surface area is 208 Å². The van der Waals surface area contributed by atoms with Gasteiger partial charge >= 0.3 is 177 Å². The summed E-state index contributed by atoms with van der Waals surface area (Å²) in [6, 6.07) is 8.73. The Morgan fingerprint density at radius 3 is 2.75 bits per heavy atom. The summed E-state index contributed by atoms with van der Waals surface area (Å²) in [6.45, 7) is 1.07. The van der Waals surface area contributed by atoms with Crippen molar-refractivity contribution in [1.82, 2.24) is 19.5 Å². The fourth-order valence-electron chi connectivity index (χ4n) is 3.61. The summed E-state index contributed by atoms with van der Waals surface area (Å²) < 4.78 is 29.1. The van der Waals surface area contributed by atoms with E-state index in [2.05, 4.69) is 20.3 Å². The first kappa shape index (κ1) is 26.1. The maximum absolute atomic E-state index is 12.6. The number of ether oxygens (including phenoxy) is 2. The molecule has 3 atom stereocenters. The quantitative estimate of drug-likeness (QED) is 0.170. The van der Waals surface area contributed by atoms with Crippen molar-refractivity contribution in [3.8, 4) is 0 Å². The van der Waals surface area contributed by atoms with Crippen molar-refractivity contribution in [3.05, 3.63) is 48.5 Å². The third-order valence-corrected chi connectivity index (χ3v) is 7.63. The van der Waals surface area contributed by atoms with Crippen molar-refractivity contribution < 1.29 is 37.7 Å². The summed E-state index contributed by atoms with van der Waals surface area (Å²) >= 11 is 0. The van der Waals surface area contributed by atoms with Gasteiger partial charge in [0, 0.05) is 0 Å². The van der Waals surface area contributed by atoms with Crippen LogP contribution in [0.25, 0.3) is 11.2 Å². The number of aliphatic hydroxyl groups is 1. The van der Waals surface area contributed by atoms with Crippen molar-refractivity contribution in [2.75, 3.05) is 25.8 Å². The zero-order chi connectivity index (χ0) is 25.7. The zero-order valence-corrected chi connectivity index (χ0v) is 21.0. The van der Waals surface area contributed by atoms with Crippen molar-refractivity contribution in [1.29, 1.82) is 0 Å². The van der Waals surface area contributed by atoms with Crippen molar-refractivity contribution in [3.63, 3.8) is 0 Å². The summed E-state index contributed by atoms with van der Waals surface area (Å²) in [5.41, 5.74) is 1.22. The molecule has 0 spiro atoms. The number of carbonyl (C=O) groups excluding carboxylic acids is 2. The molecule has 1 fully saturated rings. The molecule has 13 nitrogen and oxygen atoms in total. The summed E-state index contributed by atoms with van der Waals surface area (Å²) in [5, 5.41) is 13.4. The molecule has 0 bridgehead atoms. The van der Waals surface area contributed by atoms with Gasteiger partial charge in [-0.25, -0.2) is 0 Å². The van der Waals surface area contributed by atoms with Crippen LogP contribution in [0.5, 0.6) is 0 Å². The second kappa shape index (κ2) is 11.4. The average Bonchev–Trinajstić information content (AvgIpc) is 3.46. The van der Waals surface area contributed by atoms with E-state index >= 15 is 0 Å². The van der Waals surface area contributed by atoms with E-state index in [1.165, 1.54) is 26.7 Å². The number of anilines is 1. The van der Waals surface area contributed by atoms with Crippen molar-refractivity contribution in [2.24, 2.45) is 0 Å². The molecule has 0 radical (unpaired) electrons. The van der Waals surface area contributed by atoms with E-state index in [9.17, 15) is 14.7 Å². The van der Waals surface area contributed by atoms with Crippen molar-refractivity contribution >= 4 is 44.2 Å². The Morgan fingerprint density at radius 1 is 1.25 bits per heavy atom. The Hall–Kier alpha value is -3.00. The molecule has 4 rings (SSSR count). The van der Waals surface area contributed by atoms with Crippen LogP contribution in [-0.2, 0) is 27.8 Å². The predicted octanol–water partition coefficient (Wildman–Crippen LogP) is 0.970. The van der Waals surface area contributed by atoms with Gasteiger partial charge in [-0.2, -0.15) is 0 Å². The molecule has 0 unspecified atom stereocenters. The molecule has 3 aromatic rings. The van der Waals surface area contributed by atoms with Crippen LogP contribution >= 0.6 is 7.82 Å². The van der Waals surface area contributed by atoms with Crippen LogP contribution in [0.3, 0.4) is 0 Å². The number of hydrogen-bond acceptors (Lipinski definition) is 11. The Balaban J connectivity index is 1.43. The third kappa shape index (κ3) is 6.04. The molecular weight excluding hydrogens is 492 g/mol. The number of esters is 1. The fourth-order valence-corrected chi connectivity index (χ4v) is 4.69. The molecule has 192 valence electrons. The van der Waals surface area contributed by atoms with Crippen LogP contribution in [0.2, 0.25) is 0 Å². The van der Waals surface area contributed by atoms with Gasteiger partial charge in [-0.3, -0.25) is 0 Å². The van der Waals surface area contributed by atoms with Gasteiger partial charge in [-0.15, -0.1) is 0 Å². The molecule has 1 aromatic carbocycles. The summed E-state index contributed by atoms with van der Waals surface area (Å²) in [4.78, 5) is 36.3. The molecule has 1 saturated heterocycles. The normalized spacial score (nSPS) is 20.4. The standard InChI is InChI=1S/C21H27BN5O8P/c1-13(28)32-12-34-36(22,31-2)33-9-15-8-16(29)21(35-15)27-11-25-17-18(23-10-24-19(17)27)26-20(30)14-6-4-3-5-7-14/h3-7,10-11,15-16,21,29,36H,8-9,12,22H2,1-2H3,(H,23,24,26,30)/t15-,16-,21+/m0/s1. The Kier molecular flexibility index (Phi) is 8.24. The number of aliphatic hydroxyl groups excluding tert-OH is 1. The van der Waals surface area contributed by atoms with Crippen LogP contribution in [0.15, 0.2) is 43.0 Å². The molecule has 36 heavy (non-hydrogen) atoms. The molecule has 1 aliphatic heterocycles. The van der Waals surface area contributed by atoms with Gasteiger partial charge in [-0.1, -0.05) is 18.2 Å². The number of carbonyl (C=O) groups is 2. The summed E-state index contributed by atoms with van der Waals surface area (Å²) in [5.74, 6) is -0.570. The number of nitrogens with one attached hydrogen (secondary N) is 1. The number of aromatic nitrogens is 4. The van der Waals surface area contributed by atoms with E-state index in [1.807, 2.05) is 6.07 Å². The molecular formula is C21H27BN5O8P. The van der Waals surface area contributed by atoms with Crippen LogP contribution in [0, 0.1) is 0 Å². The van der Waals surface area contributed by atoms with Crippen LogP contribution < -0.4 is 5.32 Å². The van der Waals surface area contributed by atoms with Crippen molar-refractivity contribution in [2.45, 2.75) is 31.8 Å². The van der Waals surface area contributed by atoms with Gasteiger partial charge in [0.2, 0.25) is 0 Å². The predicted molar refractivity (Wildman–Crippen MR) is 132 cm³/mol. The van der Waals surface area contributed by atoms with E-state index in [1.54, 1.807) is 36.4 Å². The SMILES string of the molecule is B[PH](OC)(OCOC(C)=O)OC[C@@H]1C[C@H](O)[C@H](n2cnc3c(NC(=O)c4ccccc4)ncnc32)O1. The minimum absolute atomic E-state index is 0.0875. The van der Waals surface area contributed by atoms with Gasteiger partial charge in [0.05, 0.1) is 0 Å². The molecule has 0 saturated carbocycles. The van der Waals surface area contributed by atoms with Crippen LogP contribution in [0.1, 0.15) is 29.9 Å². The second-order valence-electron chi connectivity index (χ2n) is 8.09. The Bertz CT molecular complexity index is 1220. The topological polar surface area (TPSA) is 156 Å². The van der Waals surface area contributed by atoms with Gasteiger partial charge in [0.15, 0.2) is 0 Å². The fraction of sp³-hybridized carbons (Fsp3) is 0.381. The van der Waals surface area contributed by atoms with E-state index in [0.29, 0.717) is 16.7 Å². The Morgan fingerprint density at radius 2 is 2.03 bits per heavy atom. The molecule has 0 aliphatic carbocycles. The van der Waals surface area contributed by atoms with Gasteiger partial charge < -0.3 is 0 Å². The number of imidazole rings is 1. The van der Waals surface area contributed by atoms with E-state index in [0.717, 1.165) is 0 Å². The van der Waals surface area contributed by atoms with E-state index in [-0.39, 0.29) is 31.5 Å². The minimum atomic E-state index is -3.08. The third-order valence-electron chi connectivity index (χ3n) is 5.55. The number of benzene rings is 1.